The summed E-state index contributed by atoms with van der Waals surface area (Å²) in [5, 5.41) is 0. The molecule has 0 aliphatic rings. The van der Waals surface area contributed by atoms with Crippen LogP contribution in [0.3, 0.4) is 0 Å². The summed E-state index contributed by atoms with van der Waals surface area (Å²) < 4.78 is 10.9. The third-order valence-electron chi connectivity index (χ3n) is 3.93. The fourth-order valence-electron chi connectivity index (χ4n) is 2.41. The van der Waals surface area contributed by atoms with Crippen LogP contribution >= 0.6 is 0 Å². The summed E-state index contributed by atoms with van der Waals surface area (Å²) in [4.78, 5) is 63.5. The second-order valence-electron chi connectivity index (χ2n) is 7.58. The number of esters is 2. The van der Waals surface area contributed by atoms with Crippen molar-refractivity contribution in [2.45, 2.75) is 58.8 Å². The minimum Gasteiger partial charge on any atom is -0.467 e. The van der Waals surface area contributed by atoms with Crippen LogP contribution in [0.25, 0.3) is 0 Å². The van der Waals surface area contributed by atoms with Crippen LogP contribution in [0, 0.1) is 6.92 Å². The first-order valence-electron chi connectivity index (χ1n) is 8.93. The molecular formula is C18H28N4O7. The number of H-pyrrole nitrogens is 1. The van der Waals surface area contributed by atoms with Crippen molar-refractivity contribution < 1.29 is 23.9 Å². The van der Waals surface area contributed by atoms with Crippen LogP contribution in [0.2, 0.25) is 0 Å². The first-order chi connectivity index (χ1) is 13.3. The van der Waals surface area contributed by atoms with E-state index in [1.165, 1.54) is 20.0 Å². The highest BCUT2D eigenvalue weighted by molar-refractivity contribution is 5.85. The molecule has 1 unspecified atom stereocenters. The molecule has 0 saturated carbocycles. The third kappa shape index (κ3) is 6.86. The Bertz CT molecular complexity index is 881. The topological polar surface area (TPSA) is 154 Å². The number of carbonyl (C=O) groups is 3. The van der Waals surface area contributed by atoms with Crippen molar-refractivity contribution >= 4 is 17.8 Å². The largest absolute Gasteiger partial charge is 0.467 e. The zero-order chi connectivity index (χ0) is 22.5. The van der Waals surface area contributed by atoms with E-state index in [0.717, 1.165) is 16.6 Å². The van der Waals surface area contributed by atoms with Crippen LogP contribution in [-0.4, -0.2) is 63.6 Å². The van der Waals surface area contributed by atoms with Gasteiger partial charge in [0.2, 0.25) is 5.91 Å². The summed E-state index contributed by atoms with van der Waals surface area (Å²) in [6.07, 6.45) is 1.23. The highest BCUT2D eigenvalue weighted by atomic mass is 16.6. The summed E-state index contributed by atoms with van der Waals surface area (Å²) in [5.41, 5.74) is 3.98. The normalized spacial score (nSPS) is 13.3. The fourth-order valence-corrected chi connectivity index (χ4v) is 2.41. The molecular weight excluding hydrogens is 384 g/mol. The number of aromatic amines is 1. The second kappa shape index (κ2) is 9.50. The van der Waals surface area contributed by atoms with Crippen LogP contribution in [0.5, 0.6) is 0 Å². The van der Waals surface area contributed by atoms with Gasteiger partial charge in [-0.1, -0.05) is 0 Å². The molecule has 0 radical (unpaired) electrons. The van der Waals surface area contributed by atoms with Crippen LogP contribution in [0.1, 0.15) is 33.3 Å². The molecule has 2 atom stereocenters. The van der Waals surface area contributed by atoms with Gasteiger partial charge in [-0.15, -0.1) is 0 Å². The Balaban J connectivity index is 3.12. The summed E-state index contributed by atoms with van der Waals surface area (Å²) in [7, 11) is 1.16. The number of aromatic nitrogens is 2. The number of aryl methyl sites for hydroxylation is 1. The van der Waals surface area contributed by atoms with Crippen LogP contribution < -0.4 is 17.0 Å². The van der Waals surface area contributed by atoms with Crippen molar-refractivity contribution in [2.24, 2.45) is 5.73 Å². The molecule has 0 bridgehead atoms. The number of nitrogens with zero attached hydrogens (tertiary/aromatic N) is 2. The van der Waals surface area contributed by atoms with Gasteiger partial charge in [-0.3, -0.25) is 23.9 Å². The van der Waals surface area contributed by atoms with Gasteiger partial charge in [-0.05, 0) is 34.6 Å². The Labute approximate surface area is 167 Å². The first-order valence-corrected chi connectivity index (χ1v) is 8.93. The number of hydrogen-bond acceptors (Lipinski definition) is 8. The van der Waals surface area contributed by atoms with Gasteiger partial charge >= 0.3 is 17.6 Å². The zero-order valence-electron chi connectivity index (χ0n) is 17.5. The van der Waals surface area contributed by atoms with Crippen molar-refractivity contribution in [1.82, 2.24) is 14.5 Å². The van der Waals surface area contributed by atoms with Crippen molar-refractivity contribution in [3.8, 4) is 0 Å². The van der Waals surface area contributed by atoms with E-state index in [-0.39, 0.29) is 12.1 Å². The Hall–Kier alpha value is -2.95. The van der Waals surface area contributed by atoms with Crippen molar-refractivity contribution in [2.75, 3.05) is 13.7 Å². The maximum Gasteiger partial charge on any atom is 0.328 e. The van der Waals surface area contributed by atoms with Crippen molar-refractivity contribution in [3.05, 3.63) is 32.6 Å². The predicted octanol–water partition coefficient (Wildman–Crippen LogP) is -1.10. The van der Waals surface area contributed by atoms with E-state index in [4.69, 9.17) is 10.5 Å². The number of carbonyl (C=O) groups excluding carboxylic acids is 3. The number of amides is 1. The Morgan fingerprint density at radius 2 is 1.83 bits per heavy atom. The molecule has 29 heavy (non-hydrogen) atoms. The molecule has 0 saturated heterocycles. The minimum atomic E-state index is -1.22. The number of rotatable bonds is 7. The lowest BCUT2D eigenvalue weighted by Crippen LogP contribution is -2.53. The van der Waals surface area contributed by atoms with Gasteiger partial charge in [-0.2, -0.15) is 0 Å². The van der Waals surface area contributed by atoms with Crippen molar-refractivity contribution in [3.63, 3.8) is 0 Å². The van der Waals surface area contributed by atoms with Gasteiger partial charge in [0.1, 0.15) is 24.2 Å². The number of hydrogen-bond donors (Lipinski definition) is 2. The predicted molar refractivity (Wildman–Crippen MR) is 103 cm³/mol. The average Bonchev–Trinajstić information content (AvgIpc) is 2.61. The molecule has 11 heteroatoms. The SMILES string of the molecule is COC(=O)[C@H](C)N(CC(N)C(=O)OC(C)(C)C)C(=O)Cn1cc(C)c(=O)[nH]c1=O. The highest BCUT2D eigenvalue weighted by Crippen LogP contribution is 2.10. The molecule has 0 aliphatic carbocycles. The molecule has 1 heterocycles. The lowest BCUT2D eigenvalue weighted by atomic mass is 10.1. The van der Waals surface area contributed by atoms with Gasteiger partial charge < -0.3 is 20.1 Å². The average molecular weight is 412 g/mol. The summed E-state index contributed by atoms with van der Waals surface area (Å²) in [5.74, 6) is -2.14. The van der Waals surface area contributed by atoms with Crippen LogP contribution in [-0.2, 0) is 30.4 Å². The van der Waals surface area contributed by atoms with Gasteiger partial charge in [0, 0.05) is 18.3 Å². The molecule has 0 aromatic carbocycles. The molecule has 0 fully saturated rings. The standard InChI is InChI=1S/C18H28N4O7/c1-10-7-21(17(27)20-14(10)24)9-13(23)22(11(2)15(25)28-6)8-12(19)16(26)29-18(3,4)5/h7,11-12H,8-9,19H2,1-6H3,(H,20,24,27)/t11-,12?/m0/s1. The summed E-state index contributed by atoms with van der Waals surface area (Å²) >= 11 is 0. The lowest BCUT2D eigenvalue weighted by molar-refractivity contribution is -0.160. The monoisotopic (exact) mass is 412 g/mol. The number of nitrogens with one attached hydrogen (secondary N) is 1. The van der Waals surface area contributed by atoms with E-state index in [1.54, 1.807) is 20.8 Å². The van der Waals surface area contributed by atoms with E-state index in [0.29, 0.717) is 0 Å². The Morgan fingerprint density at radius 1 is 1.24 bits per heavy atom. The maximum absolute atomic E-state index is 12.8. The number of ether oxygens (including phenoxy) is 2. The minimum absolute atomic E-state index is 0.232. The molecule has 1 aromatic heterocycles. The smallest absolute Gasteiger partial charge is 0.328 e. The van der Waals surface area contributed by atoms with Gasteiger partial charge in [-0.25, -0.2) is 9.59 Å². The molecule has 1 aromatic rings. The van der Waals surface area contributed by atoms with E-state index < -0.39 is 53.3 Å². The molecule has 3 N–H and O–H groups in total. The van der Waals surface area contributed by atoms with E-state index in [2.05, 4.69) is 9.72 Å². The molecule has 0 aliphatic heterocycles. The Morgan fingerprint density at radius 3 is 2.34 bits per heavy atom. The molecule has 1 amide bonds. The fraction of sp³-hybridized carbons (Fsp3) is 0.611. The quantitative estimate of drug-likeness (QED) is 0.535. The Kier molecular flexibility index (Phi) is 7.89. The second-order valence-corrected chi connectivity index (χ2v) is 7.58. The third-order valence-corrected chi connectivity index (χ3v) is 3.93. The molecule has 0 spiro atoms. The lowest BCUT2D eigenvalue weighted by Gasteiger charge is -2.30. The molecule has 162 valence electrons. The highest BCUT2D eigenvalue weighted by Gasteiger charge is 2.32. The van der Waals surface area contributed by atoms with E-state index in [1.807, 2.05) is 0 Å². The maximum atomic E-state index is 12.8. The van der Waals surface area contributed by atoms with Crippen molar-refractivity contribution in [1.29, 1.82) is 0 Å². The number of nitrogens with two attached hydrogens (primary N) is 1. The van der Waals surface area contributed by atoms with Gasteiger partial charge in [0.15, 0.2) is 0 Å². The van der Waals surface area contributed by atoms with Crippen LogP contribution in [0.4, 0.5) is 0 Å². The summed E-state index contributed by atoms with van der Waals surface area (Å²) in [6, 6.07) is -2.29. The zero-order valence-corrected chi connectivity index (χ0v) is 17.5. The van der Waals surface area contributed by atoms with Gasteiger partial charge in [0.25, 0.3) is 5.56 Å². The van der Waals surface area contributed by atoms with Crippen LogP contribution in [0.15, 0.2) is 15.8 Å². The first kappa shape index (κ1) is 24.1. The molecule has 11 nitrogen and oxygen atoms in total. The van der Waals surface area contributed by atoms with Gasteiger partial charge in [0.05, 0.1) is 7.11 Å². The van der Waals surface area contributed by atoms with E-state index in [9.17, 15) is 24.0 Å². The summed E-state index contributed by atoms with van der Waals surface area (Å²) in [6.45, 7) is 7.09. The number of methoxy groups -OCH3 is 1. The molecule has 1 rings (SSSR count). The van der Waals surface area contributed by atoms with E-state index >= 15 is 0 Å².